The van der Waals surface area contributed by atoms with Crippen molar-refractivity contribution in [2.45, 2.75) is 46.1 Å². The second-order valence-electron chi connectivity index (χ2n) is 10.3. The molecule has 4 rings (SSSR count). The second kappa shape index (κ2) is 13.1. The van der Waals surface area contributed by atoms with Crippen LogP contribution in [0.1, 0.15) is 56.1 Å². The summed E-state index contributed by atoms with van der Waals surface area (Å²) in [5, 5.41) is 6.09. The highest BCUT2D eigenvalue weighted by Gasteiger charge is 2.24. The summed E-state index contributed by atoms with van der Waals surface area (Å²) in [6.45, 7) is 7.32. The topological polar surface area (TPSA) is 104 Å². The first-order valence-electron chi connectivity index (χ1n) is 13.7. The molecule has 4 aromatic rings. The molecule has 0 spiro atoms. The maximum absolute atomic E-state index is 14.2. The Morgan fingerprint density at radius 2 is 1.54 bits per heavy atom. The number of hydrogen-bond donors (Lipinski definition) is 3. The predicted octanol–water partition coefficient (Wildman–Crippen LogP) is 6.22. The molecule has 8 nitrogen and oxygen atoms in total. The number of amides is 3. The van der Waals surface area contributed by atoms with Gasteiger partial charge in [-0.2, -0.15) is 0 Å². The number of rotatable bonds is 11. The molecule has 3 amide bonds. The number of nitrogens with zero attached hydrogens (tertiary/aromatic N) is 1. The molecule has 9 heteroatoms. The number of H-pyrrole nitrogens is 1. The van der Waals surface area contributed by atoms with Crippen molar-refractivity contribution in [1.82, 2.24) is 15.2 Å². The van der Waals surface area contributed by atoms with Crippen LogP contribution in [0.2, 0.25) is 0 Å². The van der Waals surface area contributed by atoms with E-state index in [1.54, 1.807) is 36.4 Å². The zero-order valence-corrected chi connectivity index (χ0v) is 23.7. The van der Waals surface area contributed by atoms with Crippen LogP contribution in [-0.4, -0.2) is 46.7 Å². The smallest absolute Gasteiger partial charge is 0.271 e. The number of carbonyl (C=O) groups is 3. The average molecular weight is 559 g/mol. The first-order chi connectivity index (χ1) is 19.6. The molecule has 0 aliphatic carbocycles. The van der Waals surface area contributed by atoms with Gasteiger partial charge in [0.2, 0.25) is 11.8 Å². The molecule has 1 unspecified atom stereocenters. The number of anilines is 1. The third-order valence-electron chi connectivity index (χ3n) is 6.73. The van der Waals surface area contributed by atoms with Gasteiger partial charge in [-0.1, -0.05) is 45.0 Å². The quantitative estimate of drug-likeness (QED) is 0.203. The summed E-state index contributed by atoms with van der Waals surface area (Å²) in [5.74, 6) is -0.251. The van der Waals surface area contributed by atoms with Gasteiger partial charge in [-0.05, 0) is 73.4 Å². The number of benzene rings is 3. The molecule has 0 aliphatic heterocycles. The van der Waals surface area contributed by atoms with Crippen molar-refractivity contribution in [3.63, 3.8) is 0 Å². The molecule has 41 heavy (non-hydrogen) atoms. The number of ether oxygens (including phenoxy) is 1. The molecule has 0 bridgehead atoms. The summed E-state index contributed by atoms with van der Waals surface area (Å²) >= 11 is 0. The van der Waals surface area contributed by atoms with Crippen LogP contribution in [0.4, 0.5) is 10.1 Å². The first kappa shape index (κ1) is 29.3. The van der Waals surface area contributed by atoms with E-state index in [2.05, 4.69) is 29.5 Å². The van der Waals surface area contributed by atoms with Gasteiger partial charge in [-0.15, -0.1) is 0 Å². The molecule has 0 fully saturated rings. The van der Waals surface area contributed by atoms with Crippen molar-refractivity contribution < 1.29 is 23.5 Å². The maximum atomic E-state index is 14.2. The minimum atomic E-state index is -0.595. The second-order valence-corrected chi connectivity index (χ2v) is 10.3. The average Bonchev–Trinajstić information content (AvgIpc) is 3.39. The van der Waals surface area contributed by atoms with Crippen LogP contribution in [0.25, 0.3) is 10.9 Å². The van der Waals surface area contributed by atoms with E-state index in [4.69, 9.17) is 4.74 Å². The van der Waals surface area contributed by atoms with Crippen LogP contribution in [0, 0.1) is 5.82 Å². The minimum Gasteiger partial charge on any atom is -0.457 e. The van der Waals surface area contributed by atoms with Gasteiger partial charge in [-0.3, -0.25) is 14.4 Å². The van der Waals surface area contributed by atoms with E-state index in [0.717, 1.165) is 4.90 Å². The summed E-state index contributed by atoms with van der Waals surface area (Å²) in [7, 11) is 0. The highest BCUT2D eigenvalue weighted by atomic mass is 19.1. The van der Waals surface area contributed by atoms with E-state index in [-0.39, 0.29) is 30.3 Å². The molecule has 0 saturated carbocycles. The molecule has 1 aromatic heterocycles. The lowest BCUT2D eigenvalue weighted by atomic mass is 10.0. The van der Waals surface area contributed by atoms with Gasteiger partial charge in [0.05, 0.1) is 5.52 Å². The number of aromatic nitrogens is 1. The summed E-state index contributed by atoms with van der Waals surface area (Å²) in [6, 6.07) is 20.6. The van der Waals surface area contributed by atoms with Gasteiger partial charge in [0.1, 0.15) is 36.1 Å². The Kier molecular flexibility index (Phi) is 9.39. The Morgan fingerprint density at radius 3 is 2.15 bits per heavy atom. The number of para-hydroxylation sites is 1. The number of halogens is 1. The summed E-state index contributed by atoms with van der Waals surface area (Å²) in [6.07, 6.45) is 0.713. The largest absolute Gasteiger partial charge is 0.457 e. The Labute approximate surface area is 238 Å². The molecule has 0 radical (unpaired) electrons. The van der Waals surface area contributed by atoms with Crippen molar-refractivity contribution in [2.24, 2.45) is 0 Å². The van der Waals surface area contributed by atoms with Crippen LogP contribution in [0.5, 0.6) is 11.5 Å². The van der Waals surface area contributed by atoms with E-state index in [1.165, 1.54) is 17.7 Å². The molecule has 0 aliphatic rings. The van der Waals surface area contributed by atoms with E-state index in [9.17, 15) is 18.8 Å². The van der Waals surface area contributed by atoms with E-state index >= 15 is 0 Å². The van der Waals surface area contributed by atoms with Gasteiger partial charge in [-0.25, -0.2) is 4.39 Å². The van der Waals surface area contributed by atoms with Gasteiger partial charge in [0, 0.05) is 17.1 Å². The van der Waals surface area contributed by atoms with Gasteiger partial charge >= 0.3 is 0 Å². The molecular weight excluding hydrogens is 523 g/mol. The van der Waals surface area contributed by atoms with Crippen molar-refractivity contribution in [3.8, 4) is 11.5 Å². The SMILES string of the molecule is CCC(C)NC(=O)CN(CC(=O)Nc1ccc(Oc2ccc(C(C)C)cc2)cc1)C(=O)c1cc2cccc(F)c2[nH]1. The lowest BCUT2D eigenvalue weighted by Gasteiger charge is -2.22. The van der Waals surface area contributed by atoms with Crippen LogP contribution < -0.4 is 15.4 Å². The van der Waals surface area contributed by atoms with Gasteiger partial charge < -0.3 is 25.3 Å². The number of nitrogens with one attached hydrogen (secondary N) is 3. The fraction of sp³-hybridized carbons (Fsp3) is 0.281. The molecule has 0 saturated heterocycles. The van der Waals surface area contributed by atoms with Crippen molar-refractivity contribution in [2.75, 3.05) is 18.4 Å². The zero-order chi connectivity index (χ0) is 29.5. The standard InChI is InChI=1S/C32H35FN4O4/c1-5-21(4)34-29(38)18-37(32(40)28-17-23-7-6-8-27(33)31(23)36-28)19-30(39)35-24-11-15-26(16-12-24)41-25-13-9-22(10-14-25)20(2)3/h6-17,20-21,36H,5,18-19H2,1-4H3,(H,34,38)(H,35,39). The molecular formula is C32H35FN4O4. The third-order valence-corrected chi connectivity index (χ3v) is 6.73. The number of carbonyl (C=O) groups excluding carboxylic acids is 3. The lowest BCUT2D eigenvalue weighted by molar-refractivity contribution is -0.123. The maximum Gasteiger partial charge on any atom is 0.271 e. The molecule has 1 heterocycles. The van der Waals surface area contributed by atoms with E-state index in [1.807, 2.05) is 38.1 Å². The molecule has 3 aromatic carbocycles. The van der Waals surface area contributed by atoms with E-state index < -0.39 is 23.5 Å². The molecule has 3 N–H and O–H groups in total. The number of hydrogen-bond acceptors (Lipinski definition) is 4. The summed E-state index contributed by atoms with van der Waals surface area (Å²) in [5.41, 5.74) is 1.98. The fourth-order valence-electron chi connectivity index (χ4n) is 4.24. The van der Waals surface area contributed by atoms with Crippen LogP contribution in [0.3, 0.4) is 0 Å². The Bertz CT molecular complexity index is 1510. The predicted molar refractivity (Wildman–Crippen MR) is 158 cm³/mol. The highest BCUT2D eigenvalue weighted by Crippen LogP contribution is 2.25. The van der Waals surface area contributed by atoms with Crippen molar-refractivity contribution >= 4 is 34.3 Å². The zero-order valence-electron chi connectivity index (χ0n) is 23.7. The highest BCUT2D eigenvalue weighted by molar-refractivity contribution is 6.02. The summed E-state index contributed by atoms with van der Waals surface area (Å²) < 4.78 is 20.1. The van der Waals surface area contributed by atoms with Crippen LogP contribution >= 0.6 is 0 Å². The van der Waals surface area contributed by atoms with Gasteiger partial charge in [0.15, 0.2) is 0 Å². The van der Waals surface area contributed by atoms with E-state index in [0.29, 0.717) is 34.9 Å². The Hall–Kier alpha value is -4.66. The Balaban J connectivity index is 1.44. The van der Waals surface area contributed by atoms with Crippen molar-refractivity contribution in [3.05, 3.63) is 89.9 Å². The van der Waals surface area contributed by atoms with Gasteiger partial charge in [0.25, 0.3) is 5.91 Å². The number of aromatic amines is 1. The minimum absolute atomic E-state index is 0.0807. The van der Waals surface area contributed by atoms with Crippen LogP contribution in [-0.2, 0) is 9.59 Å². The summed E-state index contributed by atoms with van der Waals surface area (Å²) in [4.78, 5) is 42.9. The molecule has 1 atom stereocenters. The fourth-order valence-corrected chi connectivity index (χ4v) is 4.24. The Morgan fingerprint density at radius 1 is 0.902 bits per heavy atom. The third kappa shape index (κ3) is 7.72. The van der Waals surface area contributed by atoms with Crippen molar-refractivity contribution in [1.29, 1.82) is 0 Å². The normalized spacial score (nSPS) is 11.8. The first-order valence-corrected chi connectivity index (χ1v) is 13.7. The lowest BCUT2D eigenvalue weighted by Crippen LogP contribution is -2.46. The molecule has 214 valence electrons. The monoisotopic (exact) mass is 558 g/mol. The number of fused-ring (bicyclic) bond motifs is 1. The van der Waals surface area contributed by atoms with Crippen LogP contribution in [0.15, 0.2) is 72.8 Å².